The topological polar surface area (TPSA) is 70.9 Å². The van der Waals surface area contributed by atoms with E-state index in [0.29, 0.717) is 17.9 Å². The highest BCUT2D eigenvalue weighted by Crippen LogP contribution is 2.27. The SMILES string of the molecule is O=C(Cc1cccc(O)c1)N/N=C/c1c(OCc2ccccc2)ccc2ccccc12. The van der Waals surface area contributed by atoms with Crippen LogP contribution in [0.25, 0.3) is 10.8 Å². The van der Waals surface area contributed by atoms with Crippen LogP contribution in [0.5, 0.6) is 11.5 Å². The third-order valence-electron chi connectivity index (χ3n) is 4.83. The third kappa shape index (κ3) is 5.28. The van der Waals surface area contributed by atoms with E-state index in [1.54, 1.807) is 30.5 Å². The number of phenols is 1. The molecule has 0 unspecified atom stereocenters. The monoisotopic (exact) mass is 410 g/mol. The van der Waals surface area contributed by atoms with Crippen LogP contribution >= 0.6 is 0 Å². The van der Waals surface area contributed by atoms with E-state index in [9.17, 15) is 9.90 Å². The average molecular weight is 410 g/mol. The molecule has 0 bridgehead atoms. The predicted octanol–water partition coefficient (Wildman–Crippen LogP) is 4.82. The lowest BCUT2D eigenvalue weighted by Crippen LogP contribution is -2.19. The first-order chi connectivity index (χ1) is 15.2. The van der Waals surface area contributed by atoms with Crippen molar-refractivity contribution in [3.63, 3.8) is 0 Å². The first-order valence-corrected chi connectivity index (χ1v) is 9.97. The Balaban J connectivity index is 1.52. The minimum Gasteiger partial charge on any atom is -0.508 e. The molecule has 4 aromatic rings. The Morgan fingerprint density at radius 2 is 1.68 bits per heavy atom. The van der Waals surface area contributed by atoms with Crippen molar-refractivity contribution in [1.82, 2.24) is 5.43 Å². The van der Waals surface area contributed by atoms with Gasteiger partial charge < -0.3 is 9.84 Å². The van der Waals surface area contributed by atoms with Crippen LogP contribution in [-0.4, -0.2) is 17.2 Å². The highest BCUT2D eigenvalue weighted by atomic mass is 16.5. The zero-order valence-corrected chi connectivity index (χ0v) is 16.9. The normalized spacial score (nSPS) is 11.0. The maximum atomic E-state index is 12.2. The molecule has 0 spiro atoms. The van der Waals surface area contributed by atoms with Crippen LogP contribution in [0.4, 0.5) is 0 Å². The molecule has 0 aliphatic rings. The Kier molecular flexibility index (Phi) is 6.24. The molecule has 0 saturated heterocycles. The maximum absolute atomic E-state index is 12.2. The summed E-state index contributed by atoms with van der Waals surface area (Å²) >= 11 is 0. The average Bonchev–Trinajstić information content (AvgIpc) is 2.79. The van der Waals surface area contributed by atoms with Gasteiger partial charge in [0.25, 0.3) is 0 Å². The number of fused-ring (bicyclic) bond motifs is 1. The van der Waals surface area contributed by atoms with Crippen LogP contribution in [0.3, 0.4) is 0 Å². The Morgan fingerprint density at radius 1 is 0.903 bits per heavy atom. The van der Waals surface area contributed by atoms with Crippen LogP contribution in [0.1, 0.15) is 16.7 Å². The summed E-state index contributed by atoms with van der Waals surface area (Å²) in [5.74, 6) is 0.548. The fourth-order valence-electron chi connectivity index (χ4n) is 3.33. The van der Waals surface area contributed by atoms with Gasteiger partial charge in [0.05, 0.1) is 12.6 Å². The van der Waals surface area contributed by atoms with E-state index in [1.807, 2.05) is 66.7 Å². The number of phenolic OH excluding ortho intramolecular Hbond substituents is 1. The number of carbonyl (C=O) groups excluding carboxylic acids is 1. The van der Waals surface area contributed by atoms with Gasteiger partial charge in [-0.15, -0.1) is 0 Å². The number of aromatic hydroxyl groups is 1. The van der Waals surface area contributed by atoms with Crippen LogP contribution in [-0.2, 0) is 17.8 Å². The van der Waals surface area contributed by atoms with Gasteiger partial charge in [0.2, 0.25) is 5.91 Å². The van der Waals surface area contributed by atoms with E-state index in [-0.39, 0.29) is 18.1 Å². The third-order valence-corrected chi connectivity index (χ3v) is 4.83. The second-order valence-electron chi connectivity index (χ2n) is 7.11. The zero-order valence-electron chi connectivity index (χ0n) is 16.9. The highest BCUT2D eigenvalue weighted by molar-refractivity contribution is 6.02. The molecule has 154 valence electrons. The van der Waals surface area contributed by atoms with Crippen LogP contribution < -0.4 is 10.2 Å². The lowest BCUT2D eigenvalue weighted by Gasteiger charge is -2.12. The van der Waals surface area contributed by atoms with Crippen LogP contribution in [0.15, 0.2) is 96.1 Å². The first kappa shape index (κ1) is 20.2. The van der Waals surface area contributed by atoms with Crippen molar-refractivity contribution in [1.29, 1.82) is 0 Å². The summed E-state index contributed by atoms with van der Waals surface area (Å²) in [6.07, 6.45) is 1.74. The summed E-state index contributed by atoms with van der Waals surface area (Å²) in [5.41, 5.74) is 5.14. The van der Waals surface area contributed by atoms with Crippen molar-refractivity contribution in [2.75, 3.05) is 0 Å². The number of ether oxygens (including phenoxy) is 1. The molecule has 4 aromatic carbocycles. The lowest BCUT2D eigenvalue weighted by molar-refractivity contribution is -0.120. The van der Waals surface area contributed by atoms with E-state index in [4.69, 9.17) is 4.74 Å². The molecule has 0 radical (unpaired) electrons. The fourth-order valence-corrected chi connectivity index (χ4v) is 3.33. The summed E-state index contributed by atoms with van der Waals surface area (Å²) in [6, 6.07) is 28.4. The van der Waals surface area contributed by atoms with E-state index in [0.717, 1.165) is 21.9 Å². The quantitative estimate of drug-likeness (QED) is 0.339. The van der Waals surface area contributed by atoms with Gasteiger partial charge in [0.1, 0.15) is 18.1 Å². The first-order valence-electron chi connectivity index (χ1n) is 9.97. The number of hydrazone groups is 1. The Bertz CT molecular complexity index is 1220. The Hall–Kier alpha value is -4.12. The summed E-state index contributed by atoms with van der Waals surface area (Å²) in [4.78, 5) is 12.2. The van der Waals surface area contributed by atoms with Crippen molar-refractivity contribution in [3.8, 4) is 11.5 Å². The maximum Gasteiger partial charge on any atom is 0.244 e. The summed E-state index contributed by atoms with van der Waals surface area (Å²) < 4.78 is 6.07. The molecule has 0 aliphatic carbocycles. The number of nitrogens with zero attached hydrogens (tertiary/aromatic N) is 1. The van der Waals surface area contributed by atoms with Gasteiger partial charge in [0.15, 0.2) is 0 Å². The Morgan fingerprint density at radius 3 is 2.52 bits per heavy atom. The van der Waals surface area contributed by atoms with Crippen molar-refractivity contribution in [2.45, 2.75) is 13.0 Å². The molecule has 0 atom stereocenters. The second kappa shape index (κ2) is 9.59. The largest absolute Gasteiger partial charge is 0.508 e. The van der Waals surface area contributed by atoms with Gasteiger partial charge in [-0.3, -0.25) is 4.79 Å². The number of carbonyl (C=O) groups is 1. The molecular weight excluding hydrogens is 388 g/mol. The van der Waals surface area contributed by atoms with E-state index in [1.165, 1.54) is 0 Å². The summed E-state index contributed by atoms with van der Waals surface area (Å²) in [5, 5.41) is 15.7. The molecule has 0 saturated carbocycles. The number of rotatable bonds is 7. The molecule has 31 heavy (non-hydrogen) atoms. The molecule has 2 N–H and O–H groups in total. The van der Waals surface area contributed by atoms with Crippen molar-refractivity contribution in [2.24, 2.45) is 5.10 Å². The van der Waals surface area contributed by atoms with Crippen molar-refractivity contribution >= 4 is 22.9 Å². The summed E-state index contributed by atoms with van der Waals surface area (Å²) in [6.45, 7) is 0.434. The molecule has 5 heteroatoms. The minimum absolute atomic E-state index is 0.124. The van der Waals surface area contributed by atoms with Gasteiger partial charge in [-0.25, -0.2) is 5.43 Å². The predicted molar refractivity (Wildman–Crippen MR) is 122 cm³/mol. The van der Waals surface area contributed by atoms with E-state index < -0.39 is 0 Å². The van der Waals surface area contributed by atoms with Gasteiger partial charge in [-0.2, -0.15) is 5.10 Å². The molecule has 0 fully saturated rings. The van der Waals surface area contributed by atoms with E-state index >= 15 is 0 Å². The minimum atomic E-state index is -0.270. The number of benzene rings is 4. The highest BCUT2D eigenvalue weighted by Gasteiger charge is 2.08. The van der Waals surface area contributed by atoms with Gasteiger partial charge in [0, 0.05) is 5.56 Å². The Labute approximate surface area is 180 Å². The molecule has 4 rings (SSSR count). The molecule has 1 amide bonds. The molecule has 0 aliphatic heterocycles. The fraction of sp³-hybridized carbons (Fsp3) is 0.0769. The number of hydrogen-bond acceptors (Lipinski definition) is 4. The standard InChI is InChI=1S/C26H22N2O3/c29-22-11-6-9-20(15-22)16-26(30)28-27-17-24-23-12-5-4-10-21(23)13-14-25(24)31-18-19-7-2-1-3-8-19/h1-15,17,29H,16,18H2,(H,28,30)/b27-17+. The number of hydrogen-bond donors (Lipinski definition) is 2. The van der Waals surface area contributed by atoms with Crippen molar-refractivity contribution < 1.29 is 14.6 Å². The molecule has 0 aromatic heterocycles. The molecular formula is C26H22N2O3. The lowest BCUT2D eigenvalue weighted by atomic mass is 10.0. The number of amides is 1. The van der Waals surface area contributed by atoms with Gasteiger partial charge in [-0.1, -0.05) is 72.8 Å². The second-order valence-corrected chi connectivity index (χ2v) is 7.11. The summed E-state index contributed by atoms with van der Waals surface area (Å²) in [7, 11) is 0. The molecule has 5 nitrogen and oxygen atoms in total. The van der Waals surface area contributed by atoms with Crippen LogP contribution in [0.2, 0.25) is 0 Å². The zero-order chi connectivity index (χ0) is 21.5. The smallest absolute Gasteiger partial charge is 0.244 e. The van der Waals surface area contributed by atoms with Crippen molar-refractivity contribution in [3.05, 3.63) is 108 Å². The van der Waals surface area contributed by atoms with Gasteiger partial charge in [-0.05, 0) is 40.1 Å². The van der Waals surface area contributed by atoms with Crippen LogP contribution in [0, 0.1) is 0 Å². The number of nitrogens with one attached hydrogen (secondary N) is 1. The molecule has 0 heterocycles. The van der Waals surface area contributed by atoms with Gasteiger partial charge >= 0.3 is 0 Å². The van der Waals surface area contributed by atoms with E-state index in [2.05, 4.69) is 10.5 Å².